The highest BCUT2D eigenvalue weighted by Crippen LogP contribution is 2.45. The first-order valence-electron chi connectivity index (χ1n) is 17.2. The quantitative estimate of drug-likeness (QED) is 0.261. The highest BCUT2D eigenvalue weighted by Gasteiger charge is 2.52. The third kappa shape index (κ3) is 5.67. The summed E-state index contributed by atoms with van der Waals surface area (Å²) in [5.74, 6) is -0.723. The lowest BCUT2D eigenvalue weighted by atomic mass is 9.72. The number of nitrogens with zero attached hydrogens (tertiary/aromatic N) is 5. The van der Waals surface area contributed by atoms with E-state index in [-0.39, 0.29) is 64.8 Å². The van der Waals surface area contributed by atoms with Crippen LogP contribution in [0.4, 0.5) is 19.0 Å². The van der Waals surface area contributed by atoms with Crippen molar-refractivity contribution in [3.05, 3.63) is 35.5 Å². The molecule has 0 aliphatic carbocycles. The third-order valence-electron chi connectivity index (χ3n) is 11.2. The van der Waals surface area contributed by atoms with Gasteiger partial charge in [0.05, 0.1) is 10.9 Å². The molecule has 4 aliphatic rings. The highest BCUT2D eigenvalue weighted by molar-refractivity contribution is 5.92. The van der Waals surface area contributed by atoms with Gasteiger partial charge in [0.1, 0.15) is 41.4 Å². The van der Waals surface area contributed by atoms with Gasteiger partial charge in [-0.2, -0.15) is 9.97 Å². The first-order chi connectivity index (χ1) is 22.8. The fourth-order valence-electron chi connectivity index (χ4n) is 8.61. The van der Waals surface area contributed by atoms with Gasteiger partial charge in [0.15, 0.2) is 12.6 Å². The number of halogens is 3. The number of ether oxygens (including phenoxy) is 3. The van der Waals surface area contributed by atoms with Crippen LogP contribution in [0.3, 0.4) is 0 Å². The predicted molar refractivity (Wildman–Crippen MR) is 178 cm³/mol. The second kappa shape index (κ2) is 12.3. The van der Waals surface area contributed by atoms with Crippen molar-refractivity contribution in [1.29, 1.82) is 0 Å². The molecule has 1 N–H and O–H groups in total. The van der Waals surface area contributed by atoms with Gasteiger partial charge in [-0.15, -0.1) is 0 Å². The molecule has 0 amide bonds. The van der Waals surface area contributed by atoms with Crippen LogP contribution in [-0.4, -0.2) is 89.8 Å². The average Bonchev–Trinajstić information content (AvgIpc) is 3.67. The average molecular weight is 669 g/mol. The Kier molecular flexibility index (Phi) is 8.51. The van der Waals surface area contributed by atoms with E-state index in [1.54, 1.807) is 12.3 Å². The van der Waals surface area contributed by atoms with E-state index in [9.17, 15) is 4.39 Å². The molecule has 12 heteroatoms. The third-order valence-corrected chi connectivity index (χ3v) is 11.2. The second-order valence-corrected chi connectivity index (χ2v) is 15.5. The highest BCUT2D eigenvalue weighted by atomic mass is 19.1. The number of rotatable bonds is 9. The van der Waals surface area contributed by atoms with E-state index in [0.717, 1.165) is 32.2 Å². The van der Waals surface area contributed by atoms with Crippen molar-refractivity contribution >= 4 is 16.7 Å². The van der Waals surface area contributed by atoms with E-state index in [2.05, 4.69) is 45.9 Å². The van der Waals surface area contributed by atoms with Crippen LogP contribution >= 0.6 is 0 Å². The Bertz CT molecular complexity index is 1700. The number of pyridine rings is 1. The van der Waals surface area contributed by atoms with Crippen LogP contribution in [-0.2, 0) is 4.74 Å². The summed E-state index contributed by atoms with van der Waals surface area (Å²) in [4.78, 5) is 18.6. The molecule has 6 heterocycles. The fourth-order valence-corrected chi connectivity index (χ4v) is 8.61. The monoisotopic (exact) mass is 668 g/mol. The molecule has 3 aromatic rings. The topological polar surface area (TPSA) is 84.9 Å². The summed E-state index contributed by atoms with van der Waals surface area (Å²) in [7, 11) is 1.47. The normalized spacial score (nSPS) is 27.3. The van der Waals surface area contributed by atoms with Gasteiger partial charge in [0, 0.05) is 68.1 Å². The smallest absolute Gasteiger partial charge is 0.319 e. The minimum atomic E-state index is -0.905. The Labute approximate surface area is 280 Å². The van der Waals surface area contributed by atoms with E-state index >= 15 is 8.78 Å². The van der Waals surface area contributed by atoms with Crippen LogP contribution in [0, 0.1) is 17.0 Å². The van der Waals surface area contributed by atoms with Crippen molar-refractivity contribution < 1.29 is 27.4 Å². The van der Waals surface area contributed by atoms with Crippen molar-refractivity contribution in [2.45, 2.75) is 95.9 Å². The summed E-state index contributed by atoms with van der Waals surface area (Å²) in [5, 5.41) is 4.33. The van der Waals surface area contributed by atoms with Gasteiger partial charge >= 0.3 is 6.01 Å². The number of methoxy groups -OCH3 is 1. The molecule has 4 atom stereocenters. The molecule has 1 aromatic carbocycles. The van der Waals surface area contributed by atoms with Gasteiger partial charge < -0.3 is 24.4 Å². The molecule has 0 unspecified atom stereocenters. The molecular weight excluding hydrogens is 621 g/mol. The fraction of sp³-hybridized carbons (Fsp3) is 0.639. The van der Waals surface area contributed by atoms with Gasteiger partial charge in [-0.3, -0.25) is 9.88 Å². The molecule has 4 aliphatic heterocycles. The maximum absolute atomic E-state index is 17.0. The number of hydrogen-bond acceptors (Lipinski definition) is 9. The minimum Gasteiger partial charge on any atom is -0.467 e. The van der Waals surface area contributed by atoms with Crippen LogP contribution in [0.1, 0.15) is 78.2 Å². The van der Waals surface area contributed by atoms with Gasteiger partial charge in [-0.05, 0) is 49.6 Å². The van der Waals surface area contributed by atoms with Crippen molar-refractivity contribution in [1.82, 2.24) is 25.2 Å². The Morgan fingerprint density at radius 2 is 1.92 bits per heavy atom. The predicted octanol–water partition coefficient (Wildman–Crippen LogP) is 6.39. The SMILES string of the molecule is COCOc1cc(F)c(C(C)C)c(-c2ncc3c(N4C[C@@H]5CC[C@@](C(C)(C)C)(C4)N5)nc(OC[C@@]45CCCN4C[C@H](F)C5)nc3c2F)c1. The molecule has 0 saturated carbocycles. The summed E-state index contributed by atoms with van der Waals surface area (Å²) in [6.45, 7) is 13.2. The largest absolute Gasteiger partial charge is 0.467 e. The molecule has 4 saturated heterocycles. The Morgan fingerprint density at radius 1 is 1.10 bits per heavy atom. The zero-order valence-corrected chi connectivity index (χ0v) is 28.8. The number of anilines is 1. The number of fused-ring (bicyclic) bond motifs is 4. The summed E-state index contributed by atoms with van der Waals surface area (Å²) >= 11 is 0. The lowest BCUT2D eigenvalue weighted by Crippen LogP contribution is -2.65. The van der Waals surface area contributed by atoms with Crippen LogP contribution < -0.4 is 19.7 Å². The Hall–Kier alpha value is -3.22. The van der Waals surface area contributed by atoms with Gasteiger partial charge in [0.25, 0.3) is 0 Å². The van der Waals surface area contributed by atoms with E-state index in [1.807, 2.05) is 13.8 Å². The molecule has 48 heavy (non-hydrogen) atoms. The van der Waals surface area contributed by atoms with Gasteiger partial charge in [-0.1, -0.05) is 34.6 Å². The zero-order chi connectivity index (χ0) is 34.0. The van der Waals surface area contributed by atoms with Gasteiger partial charge in [0.2, 0.25) is 0 Å². The maximum Gasteiger partial charge on any atom is 0.319 e. The van der Waals surface area contributed by atoms with Crippen LogP contribution in [0.25, 0.3) is 22.2 Å². The van der Waals surface area contributed by atoms with E-state index in [0.29, 0.717) is 42.8 Å². The lowest BCUT2D eigenvalue weighted by Gasteiger charge is -2.49. The standard InChI is InChI=1S/C36H47F3N6O3/c1-21(2)28-25(12-24(13-27(28)38)48-20-46-6)30-29(39)31-26(15-40-30)32(44-17-23-8-10-36(18-44,43-23)34(3,4)5)42-33(41-31)47-19-35-9-7-11-45(35)16-22(37)14-35/h12-13,15,21-23,43H,7-11,14,16-20H2,1-6H3/t22-,23+,35+,36+/m1/s1. The number of alkyl halides is 1. The second-order valence-electron chi connectivity index (χ2n) is 15.5. The molecule has 4 fully saturated rings. The molecule has 2 aromatic heterocycles. The van der Waals surface area contributed by atoms with E-state index in [4.69, 9.17) is 19.2 Å². The number of benzene rings is 1. The first-order valence-corrected chi connectivity index (χ1v) is 17.2. The maximum atomic E-state index is 17.0. The summed E-state index contributed by atoms with van der Waals surface area (Å²) in [6, 6.07) is 3.17. The zero-order valence-electron chi connectivity index (χ0n) is 28.8. The van der Waals surface area contributed by atoms with Crippen LogP contribution in [0.2, 0.25) is 0 Å². The van der Waals surface area contributed by atoms with Crippen molar-refractivity contribution in [2.24, 2.45) is 5.41 Å². The Balaban J connectivity index is 1.35. The van der Waals surface area contributed by atoms with Crippen molar-refractivity contribution in [3.8, 4) is 23.0 Å². The Morgan fingerprint density at radius 3 is 2.67 bits per heavy atom. The van der Waals surface area contributed by atoms with Crippen LogP contribution in [0.15, 0.2) is 18.3 Å². The lowest BCUT2D eigenvalue weighted by molar-refractivity contribution is 0.0509. The van der Waals surface area contributed by atoms with Crippen molar-refractivity contribution in [3.63, 3.8) is 0 Å². The molecular formula is C36H47F3N6O3. The number of aromatic nitrogens is 3. The molecule has 7 rings (SSSR count). The summed E-state index contributed by atoms with van der Waals surface area (Å²) in [6.07, 6.45) is 4.94. The number of hydrogen-bond donors (Lipinski definition) is 1. The first kappa shape index (κ1) is 33.3. The molecule has 0 spiro atoms. The van der Waals surface area contributed by atoms with Crippen molar-refractivity contribution in [2.75, 3.05) is 51.6 Å². The van der Waals surface area contributed by atoms with Crippen LogP contribution in [0.5, 0.6) is 11.8 Å². The molecule has 260 valence electrons. The molecule has 0 radical (unpaired) electrons. The summed E-state index contributed by atoms with van der Waals surface area (Å²) in [5.41, 5.74) is 0.00119. The van der Waals surface area contributed by atoms with E-state index in [1.165, 1.54) is 13.2 Å². The number of piperazine rings is 1. The summed E-state index contributed by atoms with van der Waals surface area (Å²) < 4.78 is 64.0. The minimum absolute atomic E-state index is 0.0354. The molecule has 2 bridgehead atoms. The number of nitrogens with one attached hydrogen (secondary N) is 1. The molecule has 9 nitrogen and oxygen atoms in total. The van der Waals surface area contributed by atoms with E-state index < -0.39 is 23.3 Å². The van der Waals surface area contributed by atoms with Gasteiger partial charge in [-0.25, -0.2) is 13.2 Å².